The topological polar surface area (TPSA) is 85.4 Å². The first-order chi connectivity index (χ1) is 13.5. The number of hydrogen-bond donors (Lipinski definition) is 2. The maximum absolute atomic E-state index is 12.7. The van der Waals surface area contributed by atoms with Gasteiger partial charge in [-0.2, -0.15) is 0 Å². The Hall–Kier alpha value is -3.32. The normalized spacial score (nSPS) is 12.0. The van der Waals surface area contributed by atoms with Gasteiger partial charge in [0.1, 0.15) is 5.69 Å². The largest absolute Gasteiger partial charge is 0.454 e. The van der Waals surface area contributed by atoms with Crippen LogP contribution in [0.3, 0.4) is 0 Å². The second kappa shape index (κ2) is 7.36. The molecule has 0 spiro atoms. The molecule has 1 aliphatic heterocycles. The Balaban J connectivity index is 1.55. The lowest BCUT2D eigenvalue weighted by Gasteiger charge is -2.11. The predicted molar refractivity (Wildman–Crippen MR) is 107 cm³/mol. The fourth-order valence-corrected chi connectivity index (χ4v) is 3.02. The molecule has 7 nitrogen and oxygen atoms in total. The second-order valence-electron chi connectivity index (χ2n) is 6.32. The van der Waals surface area contributed by atoms with Gasteiger partial charge in [-0.1, -0.05) is 11.6 Å². The Morgan fingerprint density at radius 1 is 1.04 bits per heavy atom. The Labute approximate surface area is 166 Å². The van der Waals surface area contributed by atoms with Gasteiger partial charge in [-0.05, 0) is 55.8 Å². The molecular formula is C20H17ClN4O3. The molecule has 0 bridgehead atoms. The zero-order valence-electron chi connectivity index (χ0n) is 15.2. The van der Waals surface area contributed by atoms with Gasteiger partial charge in [0.05, 0.1) is 0 Å². The summed E-state index contributed by atoms with van der Waals surface area (Å²) in [5.41, 5.74) is 3.19. The number of nitrogens with one attached hydrogen (secondary N) is 2. The summed E-state index contributed by atoms with van der Waals surface area (Å²) in [6, 6.07) is 12.3. The fourth-order valence-electron chi connectivity index (χ4n) is 2.80. The molecule has 1 aromatic heterocycles. The van der Waals surface area contributed by atoms with E-state index in [1.165, 1.54) is 0 Å². The number of fused-ring (bicyclic) bond motifs is 1. The van der Waals surface area contributed by atoms with E-state index in [1.54, 1.807) is 43.3 Å². The maximum atomic E-state index is 12.7. The summed E-state index contributed by atoms with van der Waals surface area (Å²) < 4.78 is 10.7. The van der Waals surface area contributed by atoms with Gasteiger partial charge >= 0.3 is 0 Å². The predicted octanol–water partition coefficient (Wildman–Crippen LogP) is 4.47. The molecule has 28 heavy (non-hydrogen) atoms. The minimum Gasteiger partial charge on any atom is -0.454 e. The van der Waals surface area contributed by atoms with Crippen molar-refractivity contribution in [3.63, 3.8) is 0 Å². The van der Waals surface area contributed by atoms with Gasteiger partial charge in [0, 0.05) is 28.2 Å². The van der Waals surface area contributed by atoms with Crippen LogP contribution in [0.15, 0.2) is 42.5 Å². The Bertz CT molecular complexity index is 1070. The third-order valence-electron chi connectivity index (χ3n) is 4.15. The molecule has 0 fully saturated rings. The zero-order valence-corrected chi connectivity index (χ0v) is 16.0. The summed E-state index contributed by atoms with van der Waals surface area (Å²) in [4.78, 5) is 21.3. The number of nitrogens with zero attached hydrogens (tertiary/aromatic N) is 2. The van der Waals surface area contributed by atoms with E-state index in [4.69, 9.17) is 21.1 Å². The van der Waals surface area contributed by atoms with Crippen LogP contribution in [0.2, 0.25) is 5.02 Å². The Kier molecular flexibility index (Phi) is 4.75. The number of benzene rings is 2. The summed E-state index contributed by atoms with van der Waals surface area (Å²) in [6.07, 6.45) is 0. The lowest BCUT2D eigenvalue weighted by molar-refractivity contribution is 0.102. The van der Waals surface area contributed by atoms with Crippen molar-refractivity contribution < 1.29 is 14.3 Å². The molecule has 0 atom stereocenters. The minimum absolute atomic E-state index is 0.203. The quantitative estimate of drug-likeness (QED) is 0.676. The number of carbonyl (C=O) groups is 1. The van der Waals surface area contributed by atoms with Crippen molar-refractivity contribution in [1.29, 1.82) is 0 Å². The Morgan fingerprint density at radius 3 is 2.68 bits per heavy atom. The lowest BCUT2D eigenvalue weighted by atomic mass is 10.2. The third-order valence-corrected chi connectivity index (χ3v) is 4.39. The van der Waals surface area contributed by atoms with Gasteiger partial charge in [-0.3, -0.25) is 4.79 Å². The van der Waals surface area contributed by atoms with E-state index >= 15 is 0 Å². The maximum Gasteiger partial charge on any atom is 0.274 e. The molecule has 1 aliphatic rings. The van der Waals surface area contributed by atoms with Crippen molar-refractivity contribution in [2.75, 3.05) is 17.4 Å². The van der Waals surface area contributed by atoms with E-state index in [9.17, 15) is 4.79 Å². The van der Waals surface area contributed by atoms with Crippen molar-refractivity contribution in [2.45, 2.75) is 13.8 Å². The molecule has 1 amide bonds. The lowest BCUT2D eigenvalue weighted by Crippen LogP contribution is -2.16. The van der Waals surface area contributed by atoms with Crippen molar-refractivity contribution in [3.8, 4) is 11.5 Å². The number of carbonyl (C=O) groups excluding carboxylic acids is 1. The molecule has 3 aromatic rings. The van der Waals surface area contributed by atoms with Crippen molar-refractivity contribution in [1.82, 2.24) is 9.97 Å². The van der Waals surface area contributed by atoms with E-state index in [1.807, 2.05) is 13.0 Å². The van der Waals surface area contributed by atoms with Crippen LogP contribution in [-0.4, -0.2) is 22.7 Å². The molecule has 142 valence electrons. The molecule has 0 saturated heterocycles. The molecule has 0 unspecified atom stereocenters. The number of halogens is 1. The summed E-state index contributed by atoms with van der Waals surface area (Å²) in [5.74, 6) is 1.32. The first-order valence-electron chi connectivity index (χ1n) is 8.58. The van der Waals surface area contributed by atoms with Crippen LogP contribution < -0.4 is 20.1 Å². The van der Waals surface area contributed by atoms with Gasteiger partial charge in [-0.15, -0.1) is 0 Å². The number of aromatic nitrogens is 2. The molecule has 0 saturated carbocycles. The van der Waals surface area contributed by atoms with Crippen LogP contribution >= 0.6 is 11.6 Å². The van der Waals surface area contributed by atoms with Crippen LogP contribution in [0.5, 0.6) is 11.5 Å². The van der Waals surface area contributed by atoms with Crippen molar-refractivity contribution >= 4 is 34.8 Å². The summed E-state index contributed by atoms with van der Waals surface area (Å²) in [6.45, 7) is 3.88. The van der Waals surface area contributed by atoms with Crippen LogP contribution in [0, 0.1) is 13.8 Å². The summed E-state index contributed by atoms with van der Waals surface area (Å²) >= 11 is 5.97. The van der Waals surface area contributed by atoms with Gasteiger partial charge in [0.2, 0.25) is 12.7 Å². The molecule has 2 aromatic carbocycles. The van der Waals surface area contributed by atoms with Gasteiger partial charge in [0.15, 0.2) is 11.5 Å². The van der Waals surface area contributed by atoms with Gasteiger partial charge < -0.3 is 20.1 Å². The third kappa shape index (κ3) is 3.84. The number of rotatable bonds is 4. The average Bonchev–Trinajstić information content (AvgIpc) is 3.11. The first kappa shape index (κ1) is 18.1. The minimum atomic E-state index is -0.329. The molecular weight excluding hydrogens is 380 g/mol. The van der Waals surface area contributed by atoms with Crippen molar-refractivity contribution in [3.05, 3.63) is 64.4 Å². The summed E-state index contributed by atoms with van der Waals surface area (Å²) in [5, 5.41) is 6.57. The van der Waals surface area contributed by atoms with Gasteiger partial charge in [0.25, 0.3) is 5.91 Å². The standard InChI is InChI=1S/C20H17ClN4O3/c1-11-7-13(21)3-5-15(11)24-19(26)16-8-12(2)22-20(25-16)23-14-4-6-17-18(9-14)28-10-27-17/h3-9H,10H2,1-2H3,(H,24,26)(H,22,23,25). The van der Waals surface area contributed by atoms with Crippen LogP contribution in [0.1, 0.15) is 21.7 Å². The SMILES string of the molecule is Cc1cc(C(=O)Nc2ccc(Cl)cc2C)nc(Nc2ccc3c(c2)OCO3)n1. The van der Waals surface area contributed by atoms with E-state index in [0.29, 0.717) is 33.9 Å². The number of hydrogen-bond acceptors (Lipinski definition) is 6. The fraction of sp³-hybridized carbons (Fsp3) is 0.150. The molecule has 4 rings (SSSR count). The van der Waals surface area contributed by atoms with E-state index in [0.717, 1.165) is 11.3 Å². The van der Waals surface area contributed by atoms with Crippen molar-refractivity contribution in [2.24, 2.45) is 0 Å². The summed E-state index contributed by atoms with van der Waals surface area (Å²) in [7, 11) is 0. The first-order valence-corrected chi connectivity index (χ1v) is 8.95. The van der Waals surface area contributed by atoms with Crippen LogP contribution in [-0.2, 0) is 0 Å². The van der Waals surface area contributed by atoms with Gasteiger partial charge in [-0.25, -0.2) is 9.97 Å². The number of ether oxygens (including phenoxy) is 2. The molecule has 0 aliphatic carbocycles. The number of aryl methyl sites for hydroxylation is 2. The van der Waals surface area contributed by atoms with Crippen LogP contribution in [0.25, 0.3) is 0 Å². The molecule has 2 N–H and O–H groups in total. The van der Waals surface area contributed by atoms with E-state index in [-0.39, 0.29) is 18.4 Å². The monoisotopic (exact) mass is 396 g/mol. The zero-order chi connectivity index (χ0) is 19.7. The smallest absolute Gasteiger partial charge is 0.274 e. The Morgan fingerprint density at radius 2 is 1.86 bits per heavy atom. The highest BCUT2D eigenvalue weighted by atomic mass is 35.5. The number of anilines is 3. The highest BCUT2D eigenvalue weighted by molar-refractivity contribution is 6.30. The van der Waals surface area contributed by atoms with Crippen LogP contribution in [0.4, 0.5) is 17.3 Å². The number of amides is 1. The second-order valence-corrected chi connectivity index (χ2v) is 6.76. The van der Waals surface area contributed by atoms with E-state index in [2.05, 4.69) is 20.6 Å². The highest BCUT2D eigenvalue weighted by Crippen LogP contribution is 2.34. The average molecular weight is 397 g/mol. The molecule has 0 radical (unpaired) electrons. The highest BCUT2D eigenvalue weighted by Gasteiger charge is 2.15. The molecule has 8 heteroatoms. The molecule has 2 heterocycles. The van der Waals surface area contributed by atoms with E-state index < -0.39 is 0 Å².